The summed E-state index contributed by atoms with van der Waals surface area (Å²) in [5, 5.41) is 21.8. The quantitative estimate of drug-likeness (QED) is 0.149. The van der Waals surface area contributed by atoms with Crippen molar-refractivity contribution in [1.29, 1.82) is 0 Å². The van der Waals surface area contributed by atoms with E-state index in [9.17, 15) is 19.8 Å². The van der Waals surface area contributed by atoms with E-state index in [1.807, 2.05) is 91.0 Å². The van der Waals surface area contributed by atoms with Crippen LogP contribution in [0.5, 0.6) is 0 Å². The normalized spacial score (nSPS) is 21.5. The van der Waals surface area contributed by atoms with Gasteiger partial charge in [0.2, 0.25) is 0 Å². The van der Waals surface area contributed by atoms with E-state index in [1.54, 1.807) is 24.3 Å². The lowest BCUT2D eigenvalue weighted by Gasteiger charge is -2.42. The number of imide groups is 1. The first-order valence-corrected chi connectivity index (χ1v) is 18.5. The van der Waals surface area contributed by atoms with Crippen LogP contribution in [0.15, 0.2) is 121 Å². The molecule has 3 aliphatic rings. The molecule has 0 aromatic heterocycles. The van der Waals surface area contributed by atoms with E-state index in [0.717, 1.165) is 52.0 Å². The number of rotatable bonds is 9. The second-order valence-electron chi connectivity index (χ2n) is 14.3. The van der Waals surface area contributed by atoms with Gasteiger partial charge in [0, 0.05) is 36.6 Å². The summed E-state index contributed by atoms with van der Waals surface area (Å²) in [5.41, 5.74) is 6.39. The molecule has 0 radical (unpaired) electrons. The predicted octanol–water partition coefficient (Wildman–Crippen LogP) is 7.82. The number of carbonyl (C=O) groups excluding carboxylic acids is 2. The average Bonchev–Trinajstić information content (AvgIpc) is 3.43. The Morgan fingerprint density at radius 2 is 1.38 bits per heavy atom. The highest BCUT2D eigenvalue weighted by atomic mass is 35.5. The molecule has 3 atom stereocenters. The van der Waals surface area contributed by atoms with E-state index in [4.69, 9.17) is 21.1 Å². The number of benzene rings is 5. The van der Waals surface area contributed by atoms with Gasteiger partial charge in [0.25, 0.3) is 11.8 Å². The van der Waals surface area contributed by atoms with Crippen LogP contribution in [0.4, 0.5) is 0 Å². The molecule has 0 bridgehead atoms. The smallest absolute Gasteiger partial charge is 0.261 e. The third-order valence-corrected chi connectivity index (χ3v) is 11.0. The molecule has 3 aliphatic heterocycles. The highest BCUT2D eigenvalue weighted by molar-refractivity contribution is 6.30. The molecule has 2 saturated heterocycles. The first kappa shape index (κ1) is 35.4. The molecule has 3 unspecified atom stereocenters. The Kier molecular flexibility index (Phi) is 10.0. The molecular formula is C44H41ClN2O6. The minimum atomic E-state index is -0.889. The summed E-state index contributed by atoms with van der Waals surface area (Å²) < 4.78 is 13.4. The van der Waals surface area contributed by atoms with Gasteiger partial charge in [-0.1, -0.05) is 96.5 Å². The van der Waals surface area contributed by atoms with E-state index in [-0.39, 0.29) is 37.2 Å². The number of halogens is 1. The molecule has 0 saturated carbocycles. The number of aliphatic hydroxyl groups excluding tert-OH is 1. The van der Waals surface area contributed by atoms with Crippen LogP contribution in [-0.2, 0) is 28.2 Å². The molecule has 0 aliphatic carbocycles. The molecule has 5 aromatic carbocycles. The lowest BCUT2D eigenvalue weighted by molar-refractivity contribution is -0.253. The third kappa shape index (κ3) is 7.44. The van der Waals surface area contributed by atoms with Gasteiger partial charge < -0.3 is 24.6 Å². The number of ether oxygens (including phenoxy) is 2. The van der Waals surface area contributed by atoms with Crippen LogP contribution in [0.3, 0.4) is 0 Å². The zero-order valence-electron chi connectivity index (χ0n) is 29.2. The van der Waals surface area contributed by atoms with Crippen LogP contribution in [0.2, 0.25) is 5.02 Å². The van der Waals surface area contributed by atoms with Crippen LogP contribution >= 0.6 is 11.6 Å². The molecule has 0 spiro atoms. The number of hydrogen-bond donors (Lipinski definition) is 2. The van der Waals surface area contributed by atoms with Crippen molar-refractivity contribution < 1.29 is 29.3 Å². The van der Waals surface area contributed by atoms with Gasteiger partial charge in [0.05, 0.1) is 42.1 Å². The molecular weight excluding hydrogens is 688 g/mol. The molecule has 8 rings (SSSR count). The van der Waals surface area contributed by atoms with Crippen molar-refractivity contribution in [2.24, 2.45) is 0 Å². The monoisotopic (exact) mass is 728 g/mol. The van der Waals surface area contributed by atoms with E-state index >= 15 is 0 Å². The first-order valence-electron chi connectivity index (χ1n) is 18.1. The molecule has 3 heterocycles. The summed E-state index contributed by atoms with van der Waals surface area (Å²) in [5.74, 6) is -0.553. The van der Waals surface area contributed by atoms with Gasteiger partial charge in [0.1, 0.15) is 0 Å². The summed E-state index contributed by atoms with van der Waals surface area (Å²) in [6, 6.07) is 38.3. The molecule has 8 nitrogen and oxygen atoms in total. The van der Waals surface area contributed by atoms with E-state index in [2.05, 4.69) is 11.0 Å². The van der Waals surface area contributed by atoms with Crippen molar-refractivity contribution in [3.8, 4) is 11.1 Å². The van der Waals surface area contributed by atoms with Crippen molar-refractivity contribution in [3.05, 3.63) is 165 Å². The van der Waals surface area contributed by atoms with Crippen LogP contribution in [-0.4, -0.2) is 57.6 Å². The maximum atomic E-state index is 13.0. The first-order chi connectivity index (χ1) is 25.8. The van der Waals surface area contributed by atoms with Gasteiger partial charge >= 0.3 is 0 Å². The Bertz CT molecular complexity index is 2080. The fraction of sp³-hybridized carbons (Fsp3) is 0.273. The minimum Gasteiger partial charge on any atom is -0.392 e. The second kappa shape index (κ2) is 15.0. The maximum Gasteiger partial charge on any atom is 0.261 e. The number of aliphatic hydroxyl groups is 2. The fourth-order valence-corrected chi connectivity index (χ4v) is 7.88. The van der Waals surface area contributed by atoms with Gasteiger partial charge in [-0.2, -0.15) is 0 Å². The standard InChI is InChI=1S/C44H41ClN2O6/c45-36-17-15-35(16-18-36)44(51)19-21-46(22-20-44)27-37-25-40(31-13-11-29(28-48)12-14-31)53-43(52-37)34-8-4-7-33(24-34)32-6-3-5-30(23-32)26-47-41(49)38-9-1-2-10-39(38)42(47)50/h1-18,23-24,37,40,43,48,51H,19-22,25-28H2. The van der Waals surface area contributed by atoms with Gasteiger partial charge in [0.15, 0.2) is 6.29 Å². The Balaban J connectivity index is 1.00. The zero-order chi connectivity index (χ0) is 36.5. The number of amides is 2. The molecule has 270 valence electrons. The van der Waals surface area contributed by atoms with Crippen molar-refractivity contribution in [3.63, 3.8) is 0 Å². The summed E-state index contributed by atoms with van der Waals surface area (Å²) in [7, 11) is 0. The Labute approximate surface area is 314 Å². The lowest BCUT2D eigenvalue weighted by Crippen LogP contribution is -2.46. The number of hydrogen-bond acceptors (Lipinski definition) is 7. The number of fused-ring (bicyclic) bond motifs is 1. The number of carbonyl (C=O) groups is 2. The Morgan fingerprint density at radius 3 is 2.06 bits per heavy atom. The molecule has 2 fully saturated rings. The maximum absolute atomic E-state index is 13.0. The van der Waals surface area contributed by atoms with Crippen molar-refractivity contribution in [2.45, 2.75) is 56.5 Å². The average molecular weight is 729 g/mol. The van der Waals surface area contributed by atoms with Crippen LogP contribution in [0, 0.1) is 0 Å². The lowest BCUT2D eigenvalue weighted by atomic mass is 9.84. The van der Waals surface area contributed by atoms with E-state index in [1.165, 1.54) is 4.90 Å². The summed E-state index contributed by atoms with van der Waals surface area (Å²) >= 11 is 6.10. The number of nitrogens with zero attached hydrogens (tertiary/aromatic N) is 2. The Hall–Kier alpha value is -4.67. The topological polar surface area (TPSA) is 99.5 Å². The van der Waals surface area contributed by atoms with Gasteiger partial charge in [-0.05, 0) is 82.6 Å². The number of likely N-dealkylation sites (tertiary alicyclic amines) is 1. The zero-order valence-corrected chi connectivity index (χ0v) is 30.0. The van der Waals surface area contributed by atoms with E-state index in [0.29, 0.717) is 42.0 Å². The van der Waals surface area contributed by atoms with Gasteiger partial charge in [-0.15, -0.1) is 0 Å². The molecule has 2 N–H and O–H groups in total. The molecule has 9 heteroatoms. The fourth-order valence-electron chi connectivity index (χ4n) is 7.75. The van der Waals surface area contributed by atoms with Crippen LogP contribution in [0.25, 0.3) is 11.1 Å². The highest BCUT2D eigenvalue weighted by Crippen LogP contribution is 2.40. The van der Waals surface area contributed by atoms with Crippen LogP contribution < -0.4 is 0 Å². The van der Waals surface area contributed by atoms with Crippen molar-refractivity contribution in [1.82, 2.24) is 9.80 Å². The SMILES string of the molecule is O=C1c2ccccc2C(=O)N1Cc1cccc(-c2cccc(C3OC(CN4CCC(O)(c5ccc(Cl)cc5)CC4)CC(c4ccc(CO)cc4)O3)c2)c1. The highest BCUT2D eigenvalue weighted by Gasteiger charge is 2.38. The van der Waals surface area contributed by atoms with Crippen molar-refractivity contribution >= 4 is 23.4 Å². The minimum absolute atomic E-state index is 0.0240. The van der Waals surface area contributed by atoms with E-state index < -0.39 is 11.9 Å². The number of piperidine rings is 1. The van der Waals surface area contributed by atoms with Gasteiger partial charge in [-0.25, -0.2) is 0 Å². The summed E-state index contributed by atoms with van der Waals surface area (Å²) in [6.45, 7) is 2.31. The second-order valence-corrected chi connectivity index (χ2v) is 14.7. The van der Waals surface area contributed by atoms with Crippen molar-refractivity contribution in [2.75, 3.05) is 19.6 Å². The molecule has 53 heavy (non-hydrogen) atoms. The summed E-state index contributed by atoms with van der Waals surface area (Å²) in [6.07, 6.45) is 0.891. The predicted molar refractivity (Wildman–Crippen MR) is 202 cm³/mol. The largest absolute Gasteiger partial charge is 0.392 e. The third-order valence-electron chi connectivity index (χ3n) is 10.8. The Morgan fingerprint density at radius 1 is 0.717 bits per heavy atom. The van der Waals surface area contributed by atoms with Crippen LogP contribution in [0.1, 0.15) is 80.2 Å². The summed E-state index contributed by atoms with van der Waals surface area (Å²) in [4.78, 5) is 29.8. The molecule has 5 aromatic rings. The molecule has 2 amide bonds. The van der Waals surface area contributed by atoms with Gasteiger partial charge in [-0.3, -0.25) is 14.5 Å².